The van der Waals surface area contributed by atoms with Gasteiger partial charge in [-0.3, -0.25) is 0 Å². The fraction of sp³-hybridized carbons (Fsp3) is 0.135. The van der Waals surface area contributed by atoms with E-state index in [2.05, 4.69) is 199 Å². The number of rotatable bonds is 17. The molecule has 0 bridgehead atoms. The van der Waals surface area contributed by atoms with Crippen molar-refractivity contribution in [2.75, 3.05) is 0 Å². The fourth-order valence-corrected chi connectivity index (χ4v) is 19.5. The maximum Gasteiger partial charge on any atom is 0.166 e. The van der Waals surface area contributed by atoms with Crippen molar-refractivity contribution in [3.05, 3.63) is 462 Å². The zero-order valence-corrected chi connectivity index (χ0v) is 62.4. The van der Waals surface area contributed by atoms with E-state index in [1.807, 2.05) is 109 Å². The second-order valence-corrected chi connectivity index (χ2v) is 31.8. The van der Waals surface area contributed by atoms with Crippen molar-refractivity contribution in [1.29, 1.82) is 0 Å². The van der Waals surface area contributed by atoms with Gasteiger partial charge in [0.25, 0.3) is 0 Å². The summed E-state index contributed by atoms with van der Waals surface area (Å²) in [6.07, 6.45) is 7.50. The van der Waals surface area contributed by atoms with Gasteiger partial charge in [-0.15, -0.1) is 0 Å². The van der Waals surface area contributed by atoms with Crippen molar-refractivity contribution in [2.45, 2.75) is 86.9 Å². The molecule has 0 N–H and O–H groups in total. The Balaban J connectivity index is 0.760. The fourth-order valence-electron chi connectivity index (χ4n) is 19.5. The van der Waals surface area contributed by atoms with Gasteiger partial charge in [-0.05, 0) is 255 Å². The SMILES string of the molecule is C=Cc1ccc(Oc2ccc(C3(c4ccc(F)cc4)c4ccccc4-c4ccc(/C(=C\c5ccc6c(c5)C5(CC6(C)C)CC(C)(C)c6ccc(CC(c7ccc8c(c7)C(c7ccc(C)cc7)(c7ccc(Oc9ccc(C=C)cc9)cc7)c7ccccc7-8)c7cccc(F)c7F)cc65)c5cccc(F)c5F)cc43)cc2)cc1. The van der Waals surface area contributed by atoms with Crippen LogP contribution >= 0.6 is 0 Å². The molecule has 4 aliphatic carbocycles. The Morgan fingerprint density at radius 2 is 0.838 bits per heavy atom. The van der Waals surface area contributed by atoms with Crippen molar-refractivity contribution in [3.8, 4) is 45.3 Å². The van der Waals surface area contributed by atoms with Gasteiger partial charge in [-0.25, -0.2) is 22.0 Å². The van der Waals surface area contributed by atoms with Crippen LogP contribution in [0.2, 0.25) is 0 Å². The molecule has 0 aliphatic heterocycles. The van der Waals surface area contributed by atoms with Gasteiger partial charge in [0.05, 0.1) is 10.8 Å². The highest BCUT2D eigenvalue weighted by atomic mass is 19.2. The van der Waals surface area contributed by atoms with Crippen LogP contribution in [-0.4, -0.2) is 0 Å². The Morgan fingerprint density at radius 1 is 0.387 bits per heavy atom. The maximum atomic E-state index is 17.2. The average Bonchev–Trinajstić information content (AvgIpc) is 1.55. The van der Waals surface area contributed by atoms with E-state index in [-0.39, 0.29) is 27.8 Å². The number of aryl methyl sites for hydroxylation is 1. The highest BCUT2D eigenvalue weighted by Crippen LogP contribution is 2.64. The standard InChI is InChI=1S/C104H79F5O2/c1-8-65-26-44-76(45-27-65)110-78-48-38-73(39-49-78)103(71-34-24-64(3)25-35-71)88-20-12-10-16-80(88)82-52-32-69(60-92(82)103)86(84-18-14-22-96(106)98(84)108)56-67-30-54-90-94(58-67)102(62-100(90,4)5)63-101(6,7)91-55-31-68(59-95(91)102)57-87(85-19-15-23-97(107)99(85)109)70-33-53-83-81-17-11-13-21-89(81)104(93(83)61-70,72-36-42-75(105)43-37-72)74-40-50-79(51-41-74)111-77-46-28-66(9-2)29-47-77/h8-55,57-61,86H,1-2,56,62-63H2,3-7H3/b87-57+. The van der Waals surface area contributed by atoms with Crippen LogP contribution in [0.4, 0.5) is 22.0 Å². The lowest BCUT2D eigenvalue weighted by Gasteiger charge is -2.34. The lowest BCUT2D eigenvalue weighted by atomic mass is 9.67. The molecule has 111 heavy (non-hydrogen) atoms. The molecule has 0 radical (unpaired) electrons. The van der Waals surface area contributed by atoms with Crippen LogP contribution in [0.25, 0.3) is 46.1 Å². The van der Waals surface area contributed by atoms with E-state index in [0.717, 1.165) is 125 Å². The van der Waals surface area contributed by atoms with Crippen LogP contribution < -0.4 is 9.47 Å². The Kier molecular flexibility index (Phi) is 17.1. The molecule has 14 aromatic rings. The first kappa shape index (κ1) is 70.2. The predicted octanol–water partition coefficient (Wildman–Crippen LogP) is 26.9. The topological polar surface area (TPSA) is 18.5 Å². The monoisotopic (exact) mass is 1450 g/mol. The van der Waals surface area contributed by atoms with Crippen molar-refractivity contribution in [1.82, 2.24) is 0 Å². The number of hydrogen-bond acceptors (Lipinski definition) is 2. The minimum Gasteiger partial charge on any atom is -0.457 e. The number of fused-ring (bicyclic) bond motifs is 10. The summed E-state index contributed by atoms with van der Waals surface area (Å²) in [6, 6.07) is 99.2. The average molecular weight is 1460 g/mol. The summed E-state index contributed by atoms with van der Waals surface area (Å²) in [5, 5.41) is 0. The summed E-state index contributed by atoms with van der Waals surface area (Å²) >= 11 is 0. The number of ether oxygens (including phenoxy) is 2. The van der Waals surface area contributed by atoms with Crippen LogP contribution in [0.3, 0.4) is 0 Å². The van der Waals surface area contributed by atoms with Gasteiger partial charge in [0.1, 0.15) is 28.8 Å². The summed E-state index contributed by atoms with van der Waals surface area (Å²) in [6.45, 7) is 19.2. The van der Waals surface area contributed by atoms with E-state index in [1.54, 1.807) is 36.4 Å². The third-order valence-electron chi connectivity index (χ3n) is 24.3. The lowest BCUT2D eigenvalue weighted by molar-refractivity contribution is 0.349. The van der Waals surface area contributed by atoms with Crippen LogP contribution in [0.1, 0.15) is 163 Å². The lowest BCUT2D eigenvalue weighted by Crippen LogP contribution is -2.29. The van der Waals surface area contributed by atoms with Crippen LogP contribution in [-0.2, 0) is 33.5 Å². The molecular weight excluding hydrogens is 1380 g/mol. The highest BCUT2D eigenvalue weighted by Gasteiger charge is 2.57. The number of halogens is 5. The highest BCUT2D eigenvalue weighted by molar-refractivity contribution is 5.95. The zero-order chi connectivity index (χ0) is 76.3. The molecule has 4 atom stereocenters. The largest absolute Gasteiger partial charge is 0.457 e. The molecule has 0 aromatic heterocycles. The molecule has 7 heteroatoms. The number of benzene rings is 14. The Morgan fingerprint density at radius 3 is 1.39 bits per heavy atom. The first-order valence-electron chi connectivity index (χ1n) is 38.0. The first-order valence-corrected chi connectivity index (χ1v) is 38.0. The third-order valence-corrected chi connectivity index (χ3v) is 24.3. The Labute approximate surface area is 645 Å². The van der Waals surface area contributed by atoms with Crippen LogP contribution in [0.5, 0.6) is 23.0 Å². The molecule has 0 amide bonds. The van der Waals surface area contributed by atoms with E-state index in [0.29, 0.717) is 40.6 Å². The Hall–Kier alpha value is -12.5. The van der Waals surface area contributed by atoms with Gasteiger partial charge in [0, 0.05) is 16.9 Å². The van der Waals surface area contributed by atoms with Gasteiger partial charge < -0.3 is 9.47 Å². The zero-order valence-electron chi connectivity index (χ0n) is 62.4. The van der Waals surface area contributed by atoms with Gasteiger partial charge >= 0.3 is 0 Å². The van der Waals surface area contributed by atoms with Crippen molar-refractivity contribution in [2.24, 2.45) is 0 Å². The van der Waals surface area contributed by atoms with E-state index in [4.69, 9.17) is 9.47 Å². The van der Waals surface area contributed by atoms with Crippen LogP contribution in [0.15, 0.2) is 316 Å². The summed E-state index contributed by atoms with van der Waals surface area (Å²) in [7, 11) is 0. The normalized spacial score (nSPS) is 18.1. The van der Waals surface area contributed by atoms with Gasteiger partial charge in [-0.2, -0.15) is 0 Å². The second kappa shape index (κ2) is 27.0. The summed E-state index contributed by atoms with van der Waals surface area (Å²) in [5.41, 5.74) is 20.9. The molecule has 18 rings (SSSR count). The molecule has 1 spiro atoms. The number of hydrogen-bond donors (Lipinski definition) is 0. The van der Waals surface area contributed by atoms with Crippen molar-refractivity contribution >= 4 is 23.8 Å². The third kappa shape index (κ3) is 11.6. The molecular formula is C104H79F5O2. The van der Waals surface area contributed by atoms with Crippen molar-refractivity contribution in [3.63, 3.8) is 0 Å². The summed E-state index contributed by atoms with van der Waals surface area (Å²) in [4.78, 5) is 0. The molecule has 0 heterocycles. The van der Waals surface area contributed by atoms with E-state index in [1.165, 1.54) is 34.9 Å². The maximum absolute atomic E-state index is 17.2. The van der Waals surface area contributed by atoms with Gasteiger partial charge in [0.2, 0.25) is 0 Å². The summed E-state index contributed by atoms with van der Waals surface area (Å²) < 4.78 is 94.7. The Bertz CT molecular complexity index is 6090. The van der Waals surface area contributed by atoms with Crippen molar-refractivity contribution < 1.29 is 31.4 Å². The minimum atomic E-state index is -1.02. The predicted molar refractivity (Wildman–Crippen MR) is 440 cm³/mol. The summed E-state index contributed by atoms with van der Waals surface area (Å²) in [5.74, 6) is -2.07. The van der Waals surface area contributed by atoms with Gasteiger partial charge in [0.15, 0.2) is 23.3 Å². The second-order valence-electron chi connectivity index (χ2n) is 31.8. The van der Waals surface area contributed by atoms with Crippen LogP contribution in [0, 0.1) is 36.0 Å². The van der Waals surface area contributed by atoms with E-state index >= 15 is 22.0 Å². The van der Waals surface area contributed by atoms with E-state index < -0.39 is 45.4 Å². The molecule has 0 fully saturated rings. The smallest absolute Gasteiger partial charge is 0.166 e. The minimum absolute atomic E-state index is 0.0948. The molecule has 0 saturated carbocycles. The molecule has 4 unspecified atom stereocenters. The molecule has 14 aromatic carbocycles. The molecule has 4 aliphatic rings. The molecule has 542 valence electrons. The van der Waals surface area contributed by atoms with E-state index in [9.17, 15) is 0 Å². The first-order chi connectivity index (χ1) is 53.8. The quantitative estimate of drug-likeness (QED) is 0.0668. The molecule has 0 saturated heterocycles. The molecule has 2 nitrogen and oxygen atoms in total. The van der Waals surface area contributed by atoms with Gasteiger partial charge in [-0.1, -0.05) is 283 Å².